The summed E-state index contributed by atoms with van der Waals surface area (Å²) in [5.41, 5.74) is 1.01. The van der Waals surface area contributed by atoms with Gasteiger partial charge in [0.25, 0.3) is 0 Å². The number of ether oxygens (including phenoxy) is 1. The first-order valence-corrected chi connectivity index (χ1v) is 4.97. The average Bonchev–Trinajstić information content (AvgIpc) is 2.25. The van der Waals surface area contributed by atoms with E-state index in [4.69, 9.17) is 9.84 Å². The minimum Gasteiger partial charge on any atom is -0.478 e. The van der Waals surface area contributed by atoms with Crippen LogP contribution in [0.3, 0.4) is 0 Å². The Labute approximate surface area is 94.7 Å². The highest BCUT2D eigenvalue weighted by Gasteiger charge is 2.14. The zero-order valence-electron chi connectivity index (χ0n) is 9.73. The van der Waals surface area contributed by atoms with Crippen LogP contribution < -0.4 is 4.90 Å². The lowest BCUT2D eigenvalue weighted by Crippen LogP contribution is -2.25. The Hall–Kier alpha value is -1.62. The highest BCUT2D eigenvalue weighted by atomic mass is 16.5. The molecule has 0 atom stereocenters. The second-order valence-corrected chi connectivity index (χ2v) is 3.54. The number of carboxylic acids is 1. The van der Waals surface area contributed by atoms with Gasteiger partial charge in [0.05, 0.1) is 6.61 Å². The maximum Gasteiger partial charge on any atom is 0.339 e. The molecule has 0 aliphatic heterocycles. The average molecular weight is 224 g/mol. The van der Waals surface area contributed by atoms with Gasteiger partial charge in [-0.15, -0.1) is 0 Å². The zero-order chi connectivity index (χ0) is 12.1. The molecule has 0 unspecified atom stereocenters. The van der Waals surface area contributed by atoms with E-state index in [2.05, 4.69) is 4.98 Å². The van der Waals surface area contributed by atoms with Crippen molar-refractivity contribution in [3.8, 4) is 0 Å². The number of likely N-dealkylation sites (N-methyl/N-ethyl adjacent to an activating group) is 1. The molecule has 1 rings (SSSR count). The Bertz CT molecular complexity index is 379. The minimum atomic E-state index is -0.966. The van der Waals surface area contributed by atoms with Crippen molar-refractivity contribution in [3.63, 3.8) is 0 Å². The molecule has 0 aliphatic rings. The summed E-state index contributed by atoms with van der Waals surface area (Å²) in [6.07, 6.45) is 0. The maximum atomic E-state index is 11.0. The maximum absolute atomic E-state index is 11.0. The molecule has 1 N–H and O–H groups in total. The fourth-order valence-electron chi connectivity index (χ4n) is 1.34. The number of methoxy groups -OCH3 is 1. The molecule has 0 aliphatic carbocycles. The Balaban J connectivity index is 2.99. The Morgan fingerprint density at radius 1 is 1.56 bits per heavy atom. The molecular weight excluding hydrogens is 208 g/mol. The first kappa shape index (κ1) is 12.4. The Morgan fingerprint density at radius 3 is 2.81 bits per heavy atom. The van der Waals surface area contributed by atoms with Gasteiger partial charge in [-0.25, -0.2) is 9.78 Å². The van der Waals surface area contributed by atoms with Crippen molar-refractivity contribution in [2.45, 2.75) is 6.92 Å². The predicted octanol–water partition coefficient (Wildman–Crippen LogP) is 1.17. The summed E-state index contributed by atoms with van der Waals surface area (Å²) in [5.74, 6) is -0.490. The van der Waals surface area contributed by atoms with E-state index in [9.17, 15) is 4.79 Å². The topological polar surface area (TPSA) is 62.7 Å². The molecule has 1 aromatic rings. The Kier molecular flexibility index (Phi) is 4.25. The van der Waals surface area contributed by atoms with Gasteiger partial charge in [0.2, 0.25) is 0 Å². The fraction of sp³-hybridized carbons (Fsp3) is 0.455. The molecule has 0 saturated heterocycles. The number of aromatic carboxylic acids is 1. The second-order valence-electron chi connectivity index (χ2n) is 3.54. The lowest BCUT2D eigenvalue weighted by Gasteiger charge is -2.19. The monoisotopic (exact) mass is 224 g/mol. The lowest BCUT2D eigenvalue weighted by molar-refractivity contribution is 0.0697. The molecule has 5 heteroatoms. The van der Waals surface area contributed by atoms with Gasteiger partial charge in [0.1, 0.15) is 11.4 Å². The summed E-state index contributed by atoms with van der Waals surface area (Å²) < 4.78 is 4.95. The molecule has 16 heavy (non-hydrogen) atoms. The number of aryl methyl sites for hydroxylation is 1. The Morgan fingerprint density at radius 2 is 2.25 bits per heavy atom. The van der Waals surface area contributed by atoms with Crippen LogP contribution in [0.25, 0.3) is 0 Å². The number of carboxylic acid groups (broad SMARTS) is 1. The van der Waals surface area contributed by atoms with Crippen LogP contribution in [0.15, 0.2) is 12.1 Å². The number of pyridine rings is 1. The third kappa shape index (κ3) is 2.93. The van der Waals surface area contributed by atoms with Crippen LogP contribution >= 0.6 is 0 Å². The van der Waals surface area contributed by atoms with Crippen LogP contribution in [0, 0.1) is 6.92 Å². The van der Waals surface area contributed by atoms with Crippen LogP contribution in [0.1, 0.15) is 16.1 Å². The molecule has 0 fully saturated rings. The molecule has 0 amide bonds. The van der Waals surface area contributed by atoms with E-state index >= 15 is 0 Å². The van der Waals surface area contributed by atoms with E-state index in [-0.39, 0.29) is 5.56 Å². The summed E-state index contributed by atoms with van der Waals surface area (Å²) in [4.78, 5) is 17.0. The van der Waals surface area contributed by atoms with Crippen LogP contribution in [0.2, 0.25) is 0 Å². The summed E-state index contributed by atoms with van der Waals surface area (Å²) in [6.45, 7) is 2.97. The molecule has 0 bridgehead atoms. The smallest absolute Gasteiger partial charge is 0.339 e. The van der Waals surface area contributed by atoms with E-state index in [1.807, 2.05) is 6.92 Å². The largest absolute Gasteiger partial charge is 0.478 e. The normalized spacial score (nSPS) is 10.2. The van der Waals surface area contributed by atoms with E-state index in [0.717, 1.165) is 5.69 Å². The third-order valence-corrected chi connectivity index (χ3v) is 2.24. The van der Waals surface area contributed by atoms with Crippen LogP contribution in [0.5, 0.6) is 0 Å². The van der Waals surface area contributed by atoms with Gasteiger partial charge in [0, 0.05) is 26.4 Å². The summed E-state index contributed by atoms with van der Waals surface area (Å²) in [5, 5.41) is 9.03. The van der Waals surface area contributed by atoms with Gasteiger partial charge >= 0.3 is 5.97 Å². The van der Waals surface area contributed by atoms with Crippen molar-refractivity contribution in [1.29, 1.82) is 0 Å². The quantitative estimate of drug-likeness (QED) is 0.813. The molecule has 5 nitrogen and oxygen atoms in total. The van der Waals surface area contributed by atoms with Crippen LogP contribution in [-0.2, 0) is 4.74 Å². The molecule has 1 heterocycles. The van der Waals surface area contributed by atoms with Crippen molar-refractivity contribution in [3.05, 3.63) is 23.4 Å². The number of aromatic nitrogens is 1. The number of hydrogen-bond acceptors (Lipinski definition) is 4. The van der Waals surface area contributed by atoms with Gasteiger partial charge in [-0.05, 0) is 19.1 Å². The third-order valence-electron chi connectivity index (χ3n) is 2.24. The standard InChI is InChI=1S/C11H16N2O3/c1-8-4-5-9(11(14)15)10(12-8)13(2)6-7-16-3/h4-5H,6-7H2,1-3H3,(H,14,15). The number of carbonyl (C=O) groups is 1. The summed E-state index contributed by atoms with van der Waals surface area (Å²) in [6, 6.07) is 3.26. The number of nitrogens with zero attached hydrogens (tertiary/aromatic N) is 2. The van der Waals surface area contributed by atoms with Crippen molar-refractivity contribution in [1.82, 2.24) is 4.98 Å². The molecule has 1 aromatic heterocycles. The minimum absolute atomic E-state index is 0.212. The van der Waals surface area contributed by atoms with Crippen LogP contribution in [-0.4, -0.2) is 43.4 Å². The van der Waals surface area contributed by atoms with Crippen molar-refractivity contribution in [2.75, 3.05) is 32.2 Å². The zero-order valence-corrected chi connectivity index (χ0v) is 9.73. The van der Waals surface area contributed by atoms with Crippen molar-refractivity contribution < 1.29 is 14.6 Å². The van der Waals surface area contributed by atoms with Crippen molar-refractivity contribution in [2.24, 2.45) is 0 Å². The van der Waals surface area contributed by atoms with Gasteiger partial charge < -0.3 is 14.7 Å². The lowest BCUT2D eigenvalue weighted by atomic mass is 10.2. The van der Waals surface area contributed by atoms with E-state index in [0.29, 0.717) is 19.0 Å². The van der Waals surface area contributed by atoms with Gasteiger partial charge in [-0.1, -0.05) is 0 Å². The van der Waals surface area contributed by atoms with Crippen LogP contribution in [0.4, 0.5) is 5.82 Å². The predicted molar refractivity (Wildman–Crippen MR) is 61.1 cm³/mol. The van der Waals surface area contributed by atoms with E-state index in [1.54, 1.807) is 31.2 Å². The second kappa shape index (κ2) is 5.46. The number of anilines is 1. The number of hydrogen-bond donors (Lipinski definition) is 1. The summed E-state index contributed by atoms with van der Waals surface area (Å²) >= 11 is 0. The molecule has 0 radical (unpaired) electrons. The fourth-order valence-corrected chi connectivity index (χ4v) is 1.34. The van der Waals surface area contributed by atoms with Gasteiger partial charge in [-0.2, -0.15) is 0 Å². The molecular formula is C11H16N2O3. The van der Waals surface area contributed by atoms with Crippen molar-refractivity contribution >= 4 is 11.8 Å². The first-order chi connectivity index (χ1) is 7.56. The highest BCUT2D eigenvalue weighted by Crippen LogP contribution is 2.17. The number of rotatable bonds is 5. The SMILES string of the molecule is COCCN(C)c1nc(C)ccc1C(=O)O. The summed E-state index contributed by atoms with van der Waals surface area (Å²) in [7, 11) is 3.41. The van der Waals surface area contributed by atoms with Gasteiger partial charge in [-0.3, -0.25) is 0 Å². The van der Waals surface area contributed by atoms with E-state index in [1.165, 1.54) is 0 Å². The van der Waals surface area contributed by atoms with Gasteiger partial charge in [0.15, 0.2) is 0 Å². The molecule has 0 saturated carbocycles. The first-order valence-electron chi connectivity index (χ1n) is 4.97. The van der Waals surface area contributed by atoms with E-state index < -0.39 is 5.97 Å². The highest BCUT2D eigenvalue weighted by molar-refractivity contribution is 5.93. The molecule has 0 aromatic carbocycles. The molecule has 0 spiro atoms. The molecule has 88 valence electrons.